The number of halogens is 1. The van der Waals surface area contributed by atoms with Crippen molar-refractivity contribution in [2.75, 3.05) is 7.05 Å². The number of hydrogen-bond donors (Lipinski definition) is 1. The zero-order chi connectivity index (χ0) is 12.3. The maximum atomic E-state index is 6.01. The van der Waals surface area contributed by atoms with Crippen LogP contribution in [-0.4, -0.2) is 21.8 Å². The number of pyridine rings is 1. The SMILES string of the molecule is CNCc1cc(Oc2cnn(C)c2)ncc1Cl. The molecule has 5 nitrogen and oxygen atoms in total. The third-order valence-electron chi connectivity index (χ3n) is 2.18. The molecule has 0 atom stereocenters. The quantitative estimate of drug-likeness (QED) is 0.904. The largest absolute Gasteiger partial charge is 0.436 e. The lowest BCUT2D eigenvalue weighted by Gasteiger charge is -2.06. The van der Waals surface area contributed by atoms with Crippen LogP contribution in [0.1, 0.15) is 5.56 Å². The van der Waals surface area contributed by atoms with E-state index in [2.05, 4.69) is 15.4 Å². The molecule has 0 amide bonds. The fourth-order valence-corrected chi connectivity index (χ4v) is 1.58. The van der Waals surface area contributed by atoms with E-state index in [4.69, 9.17) is 16.3 Å². The average molecular weight is 253 g/mol. The number of hydrogen-bond acceptors (Lipinski definition) is 4. The summed E-state index contributed by atoms with van der Waals surface area (Å²) in [6.45, 7) is 0.671. The minimum Gasteiger partial charge on any atom is -0.436 e. The number of rotatable bonds is 4. The smallest absolute Gasteiger partial charge is 0.219 e. The second-order valence-corrected chi connectivity index (χ2v) is 4.00. The van der Waals surface area contributed by atoms with Crippen LogP contribution in [0.2, 0.25) is 5.02 Å². The molecule has 0 saturated carbocycles. The normalized spacial score (nSPS) is 10.5. The van der Waals surface area contributed by atoms with E-state index in [1.807, 2.05) is 20.2 Å². The van der Waals surface area contributed by atoms with E-state index in [1.54, 1.807) is 23.3 Å². The van der Waals surface area contributed by atoms with E-state index in [0.717, 1.165) is 5.56 Å². The molecular weight excluding hydrogens is 240 g/mol. The average Bonchev–Trinajstić information content (AvgIpc) is 2.69. The zero-order valence-corrected chi connectivity index (χ0v) is 10.4. The van der Waals surface area contributed by atoms with E-state index in [-0.39, 0.29) is 0 Å². The Bertz CT molecular complexity index is 512. The van der Waals surface area contributed by atoms with Gasteiger partial charge in [-0.2, -0.15) is 5.10 Å². The van der Waals surface area contributed by atoms with Crippen LogP contribution >= 0.6 is 11.6 Å². The van der Waals surface area contributed by atoms with Crippen LogP contribution in [0.25, 0.3) is 0 Å². The van der Waals surface area contributed by atoms with Gasteiger partial charge in [0, 0.05) is 25.9 Å². The predicted molar refractivity (Wildman–Crippen MR) is 65.3 cm³/mol. The van der Waals surface area contributed by atoms with E-state index < -0.39 is 0 Å². The monoisotopic (exact) mass is 252 g/mol. The molecule has 2 aromatic rings. The van der Waals surface area contributed by atoms with Crippen molar-refractivity contribution in [1.82, 2.24) is 20.1 Å². The van der Waals surface area contributed by atoms with Crippen LogP contribution in [0.4, 0.5) is 0 Å². The van der Waals surface area contributed by atoms with Crippen molar-refractivity contribution >= 4 is 11.6 Å². The molecule has 0 aliphatic carbocycles. The first kappa shape index (κ1) is 11.9. The Morgan fingerprint density at radius 3 is 2.94 bits per heavy atom. The number of nitrogens with zero attached hydrogens (tertiary/aromatic N) is 3. The minimum atomic E-state index is 0.507. The van der Waals surface area contributed by atoms with Crippen molar-refractivity contribution < 1.29 is 4.74 Å². The number of aryl methyl sites for hydroxylation is 1. The topological polar surface area (TPSA) is 52.0 Å². The maximum absolute atomic E-state index is 6.01. The number of ether oxygens (including phenoxy) is 1. The van der Waals surface area contributed by atoms with Gasteiger partial charge in [0.15, 0.2) is 5.75 Å². The molecule has 1 N–H and O–H groups in total. The second kappa shape index (κ2) is 5.16. The summed E-state index contributed by atoms with van der Waals surface area (Å²) < 4.78 is 7.23. The van der Waals surface area contributed by atoms with E-state index in [9.17, 15) is 0 Å². The molecule has 0 spiro atoms. The van der Waals surface area contributed by atoms with Crippen molar-refractivity contribution in [2.45, 2.75) is 6.54 Å². The molecule has 0 bridgehead atoms. The summed E-state index contributed by atoms with van der Waals surface area (Å²) in [6, 6.07) is 1.81. The molecule has 0 aliphatic rings. The molecule has 0 aliphatic heterocycles. The van der Waals surface area contributed by atoms with E-state index in [0.29, 0.717) is 23.2 Å². The highest BCUT2D eigenvalue weighted by Crippen LogP contribution is 2.23. The van der Waals surface area contributed by atoms with E-state index in [1.165, 1.54) is 0 Å². The highest BCUT2D eigenvalue weighted by atomic mass is 35.5. The first-order valence-corrected chi connectivity index (χ1v) is 5.52. The third-order valence-corrected chi connectivity index (χ3v) is 2.52. The van der Waals surface area contributed by atoms with Crippen molar-refractivity contribution in [3.05, 3.63) is 35.2 Å². The lowest BCUT2D eigenvalue weighted by atomic mass is 10.2. The van der Waals surface area contributed by atoms with Crippen molar-refractivity contribution in [1.29, 1.82) is 0 Å². The minimum absolute atomic E-state index is 0.507. The fourth-order valence-electron chi connectivity index (χ4n) is 1.41. The Morgan fingerprint density at radius 2 is 2.29 bits per heavy atom. The summed E-state index contributed by atoms with van der Waals surface area (Å²) in [5, 5.41) is 7.67. The summed E-state index contributed by atoms with van der Waals surface area (Å²) in [6.07, 6.45) is 4.99. The van der Waals surface area contributed by atoms with Gasteiger partial charge in [-0.3, -0.25) is 4.68 Å². The summed E-state index contributed by atoms with van der Waals surface area (Å²) >= 11 is 6.01. The highest BCUT2D eigenvalue weighted by molar-refractivity contribution is 6.31. The molecule has 17 heavy (non-hydrogen) atoms. The Hall–Kier alpha value is -1.59. The van der Waals surface area contributed by atoms with Crippen LogP contribution in [0.3, 0.4) is 0 Å². The maximum Gasteiger partial charge on any atom is 0.219 e. The zero-order valence-electron chi connectivity index (χ0n) is 9.64. The fraction of sp³-hybridized carbons (Fsp3) is 0.273. The van der Waals surface area contributed by atoms with Crippen LogP contribution in [0.5, 0.6) is 11.6 Å². The van der Waals surface area contributed by atoms with Gasteiger partial charge in [0.2, 0.25) is 5.88 Å². The van der Waals surface area contributed by atoms with Gasteiger partial charge in [0.05, 0.1) is 17.4 Å². The standard InChI is InChI=1S/C11H13ClN4O/c1-13-4-8-3-11(14-6-10(8)12)17-9-5-15-16(2)7-9/h3,5-7,13H,4H2,1-2H3. The lowest BCUT2D eigenvalue weighted by molar-refractivity contribution is 0.461. The van der Waals surface area contributed by atoms with Gasteiger partial charge < -0.3 is 10.1 Å². The third kappa shape index (κ3) is 2.95. The van der Waals surface area contributed by atoms with Crippen molar-refractivity contribution in [3.63, 3.8) is 0 Å². The molecule has 0 saturated heterocycles. The van der Waals surface area contributed by atoms with Gasteiger partial charge in [-0.05, 0) is 12.6 Å². The van der Waals surface area contributed by atoms with Crippen molar-refractivity contribution in [3.8, 4) is 11.6 Å². The van der Waals surface area contributed by atoms with Crippen LogP contribution in [-0.2, 0) is 13.6 Å². The molecule has 2 aromatic heterocycles. The first-order valence-electron chi connectivity index (χ1n) is 5.14. The summed E-state index contributed by atoms with van der Waals surface area (Å²) in [7, 11) is 3.69. The molecule has 0 radical (unpaired) electrons. The van der Waals surface area contributed by atoms with Crippen LogP contribution < -0.4 is 10.1 Å². The van der Waals surface area contributed by atoms with Gasteiger partial charge in [0.25, 0.3) is 0 Å². The predicted octanol–water partition coefficient (Wildman–Crippen LogP) is 1.98. The van der Waals surface area contributed by atoms with Gasteiger partial charge in [-0.25, -0.2) is 4.98 Å². The van der Waals surface area contributed by atoms with Gasteiger partial charge >= 0.3 is 0 Å². The Kier molecular flexibility index (Phi) is 3.61. The van der Waals surface area contributed by atoms with Gasteiger partial charge in [-0.1, -0.05) is 11.6 Å². The first-order chi connectivity index (χ1) is 8.19. The molecular formula is C11H13ClN4O. The summed E-state index contributed by atoms with van der Waals surface area (Å²) in [5.74, 6) is 1.16. The Labute approximate surface area is 104 Å². The highest BCUT2D eigenvalue weighted by Gasteiger charge is 2.05. The molecule has 2 rings (SSSR count). The summed E-state index contributed by atoms with van der Waals surface area (Å²) in [5.41, 5.74) is 0.947. The van der Waals surface area contributed by atoms with Gasteiger partial charge in [-0.15, -0.1) is 0 Å². The molecule has 0 unspecified atom stereocenters. The molecule has 2 heterocycles. The summed E-state index contributed by atoms with van der Waals surface area (Å²) in [4.78, 5) is 4.11. The van der Waals surface area contributed by atoms with Crippen molar-refractivity contribution in [2.24, 2.45) is 7.05 Å². The molecule has 0 aromatic carbocycles. The van der Waals surface area contributed by atoms with Crippen LogP contribution in [0.15, 0.2) is 24.7 Å². The Balaban J connectivity index is 2.18. The van der Waals surface area contributed by atoms with E-state index >= 15 is 0 Å². The second-order valence-electron chi connectivity index (χ2n) is 3.60. The lowest BCUT2D eigenvalue weighted by Crippen LogP contribution is -2.06. The molecule has 90 valence electrons. The van der Waals surface area contributed by atoms with Gasteiger partial charge in [0.1, 0.15) is 0 Å². The number of aromatic nitrogens is 3. The molecule has 6 heteroatoms. The van der Waals surface area contributed by atoms with Crippen LogP contribution in [0, 0.1) is 0 Å². The number of nitrogens with one attached hydrogen (secondary N) is 1. The molecule has 0 fully saturated rings. The Morgan fingerprint density at radius 1 is 1.47 bits per heavy atom.